The number of ether oxygens (including phenoxy) is 4. The summed E-state index contributed by atoms with van der Waals surface area (Å²) >= 11 is 0. The van der Waals surface area contributed by atoms with E-state index in [4.69, 9.17) is 18.9 Å². The van der Waals surface area contributed by atoms with Gasteiger partial charge in [-0.25, -0.2) is 0 Å². The van der Waals surface area contributed by atoms with Gasteiger partial charge >= 0.3 is 0 Å². The van der Waals surface area contributed by atoms with E-state index in [9.17, 15) is 35.7 Å². The molecule has 1 aromatic carbocycles. The van der Waals surface area contributed by atoms with E-state index in [-0.39, 0.29) is 25.1 Å². The molecule has 0 spiro atoms. The zero-order valence-electron chi connectivity index (χ0n) is 17.7. The third-order valence-electron chi connectivity index (χ3n) is 5.82. The van der Waals surface area contributed by atoms with Crippen molar-refractivity contribution in [3.8, 4) is 5.75 Å². The first-order valence-electron chi connectivity index (χ1n) is 10.5. The number of aryl methyl sites for hydroxylation is 1. The minimum absolute atomic E-state index is 0.175. The fraction of sp³-hybridized carbons (Fsp3) is 0.714. The molecular formula is C21H32O11. The summed E-state index contributed by atoms with van der Waals surface area (Å²) in [5, 5.41) is 69.3. The monoisotopic (exact) mass is 460 g/mol. The van der Waals surface area contributed by atoms with E-state index < -0.39 is 55.3 Å². The summed E-state index contributed by atoms with van der Waals surface area (Å²) < 4.78 is 21.9. The molecule has 2 aliphatic rings. The lowest BCUT2D eigenvalue weighted by atomic mass is 9.99. The maximum absolute atomic E-state index is 10.3. The van der Waals surface area contributed by atoms with Crippen molar-refractivity contribution in [2.75, 3.05) is 19.8 Å². The highest BCUT2D eigenvalue weighted by Gasteiger charge is 2.50. The Morgan fingerprint density at radius 2 is 1.75 bits per heavy atom. The average molecular weight is 460 g/mol. The molecule has 11 nitrogen and oxygen atoms in total. The molecule has 0 aromatic heterocycles. The zero-order valence-corrected chi connectivity index (χ0v) is 17.7. The molecule has 0 amide bonds. The van der Waals surface area contributed by atoms with E-state index in [0.29, 0.717) is 12.8 Å². The summed E-state index contributed by atoms with van der Waals surface area (Å²) in [4.78, 5) is 0. The van der Waals surface area contributed by atoms with Crippen LogP contribution in [0, 0.1) is 0 Å². The molecule has 0 radical (unpaired) electrons. The van der Waals surface area contributed by atoms with E-state index in [1.807, 2.05) is 0 Å². The topological polar surface area (TPSA) is 179 Å². The number of rotatable bonds is 9. The smallest absolute Gasteiger partial charge is 0.186 e. The van der Waals surface area contributed by atoms with Crippen LogP contribution in [0.5, 0.6) is 5.75 Å². The van der Waals surface area contributed by atoms with Crippen LogP contribution in [0.2, 0.25) is 0 Å². The summed E-state index contributed by atoms with van der Waals surface area (Å²) in [7, 11) is 0. The van der Waals surface area contributed by atoms with Gasteiger partial charge in [-0.3, -0.25) is 0 Å². The minimum atomic E-state index is -1.86. The van der Waals surface area contributed by atoms with Crippen LogP contribution < -0.4 is 0 Å². The van der Waals surface area contributed by atoms with Crippen LogP contribution in [-0.2, 0) is 25.4 Å². The van der Waals surface area contributed by atoms with Crippen molar-refractivity contribution in [2.24, 2.45) is 0 Å². The molecule has 11 heteroatoms. The van der Waals surface area contributed by atoms with E-state index in [1.54, 1.807) is 31.2 Å². The molecule has 3 rings (SSSR count). The zero-order chi connectivity index (χ0) is 23.5. The van der Waals surface area contributed by atoms with Gasteiger partial charge in [-0.15, -0.1) is 0 Å². The third-order valence-corrected chi connectivity index (χ3v) is 5.82. The predicted molar refractivity (Wildman–Crippen MR) is 107 cm³/mol. The number of phenolic OH excluding ortho intramolecular Hbond substituents is 1. The van der Waals surface area contributed by atoms with E-state index in [2.05, 4.69) is 0 Å². The molecule has 7 N–H and O–H groups in total. The second-order valence-corrected chi connectivity index (χ2v) is 8.39. The molecule has 0 aliphatic carbocycles. The van der Waals surface area contributed by atoms with Crippen molar-refractivity contribution >= 4 is 0 Å². The Hall–Kier alpha value is -1.38. The molecule has 182 valence electrons. The van der Waals surface area contributed by atoms with Gasteiger partial charge in [0.15, 0.2) is 12.6 Å². The molecule has 9 atom stereocenters. The van der Waals surface area contributed by atoms with Crippen molar-refractivity contribution < 1.29 is 54.7 Å². The van der Waals surface area contributed by atoms with Gasteiger partial charge in [-0.1, -0.05) is 12.1 Å². The summed E-state index contributed by atoms with van der Waals surface area (Å²) in [5.41, 5.74) is -0.867. The second kappa shape index (κ2) is 10.7. The van der Waals surface area contributed by atoms with Gasteiger partial charge in [0.2, 0.25) is 0 Å². The van der Waals surface area contributed by atoms with Gasteiger partial charge < -0.3 is 54.7 Å². The number of aromatic hydroxyl groups is 1. The summed E-state index contributed by atoms with van der Waals surface area (Å²) in [6.45, 7) is 0.377. The minimum Gasteiger partial charge on any atom is -0.508 e. The largest absolute Gasteiger partial charge is 0.508 e. The molecule has 2 heterocycles. The SMILES string of the molecule is C[C@H](CCc1ccc(O)cc1)O[C@@H]1O[C@H](CO[C@@H]2OC[C@@](O)(CO)[C@@H]2O)[C@@H](O)[C@H](O)[C@H]1O. The van der Waals surface area contributed by atoms with Gasteiger partial charge in [0.25, 0.3) is 0 Å². The normalized spacial score (nSPS) is 38.7. The Bertz CT molecular complexity index is 716. The van der Waals surface area contributed by atoms with Gasteiger partial charge in [0.1, 0.15) is 41.9 Å². The third kappa shape index (κ3) is 5.75. The van der Waals surface area contributed by atoms with E-state index in [0.717, 1.165) is 5.56 Å². The van der Waals surface area contributed by atoms with Crippen LogP contribution >= 0.6 is 0 Å². The maximum atomic E-state index is 10.3. The van der Waals surface area contributed by atoms with Crippen molar-refractivity contribution in [3.05, 3.63) is 29.8 Å². The number of aliphatic hydroxyl groups excluding tert-OH is 5. The Kier molecular flexibility index (Phi) is 8.44. The molecule has 2 fully saturated rings. The predicted octanol–water partition coefficient (Wildman–Crippen LogP) is -2.01. The molecule has 1 aromatic rings. The van der Waals surface area contributed by atoms with E-state index in [1.165, 1.54) is 0 Å². The molecule has 0 unspecified atom stereocenters. The summed E-state index contributed by atoms with van der Waals surface area (Å²) in [5.74, 6) is 0.175. The fourth-order valence-electron chi connectivity index (χ4n) is 3.62. The standard InChI is InChI=1S/C21H32O11/c1-11(2-3-12-4-6-13(23)7-5-12)31-19-17(26)16(25)15(24)14(32-19)8-29-20-18(27)21(28,9-22)10-30-20/h4-7,11,14-20,22-28H,2-3,8-10H2,1H3/t11-,14-,15-,16+,17-,18-,19-,20-,21+/m1/s1. The lowest BCUT2D eigenvalue weighted by Crippen LogP contribution is -2.60. The highest BCUT2D eigenvalue weighted by Crippen LogP contribution is 2.28. The average Bonchev–Trinajstić information content (AvgIpc) is 3.07. The molecule has 0 saturated carbocycles. The number of benzene rings is 1. The highest BCUT2D eigenvalue weighted by atomic mass is 16.7. The Balaban J connectivity index is 1.52. The van der Waals surface area contributed by atoms with Crippen LogP contribution in [0.25, 0.3) is 0 Å². The van der Waals surface area contributed by atoms with E-state index >= 15 is 0 Å². The molecule has 2 saturated heterocycles. The van der Waals surface area contributed by atoms with Crippen LogP contribution in [-0.4, -0.2) is 110 Å². The number of hydrogen-bond donors (Lipinski definition) is 7. The number of aliphatic hydroxyl groups is 6. The van der Waals surface area contributed by atoms with Crippen LogP contribution in [0.4, 0.5) is 0 Å². The van der Waals surface area contributed by atoms with Crippen molar-refractivity contribution in [1.82, 2.24) is 0 Å². The highest BCUT2D eigenvalue weighted by molar-refractivity contribution is 5.25. The summed E-state index contributed by atoms with van der Waals surface area (Å²) in [6.07, 6.45) is -8.83. The van der Waals surface area contributed by atoms with Crippen molar-refractivity contribution in [2.45, 2.75) is 74.6 Å². The molecule has 0 bridgehead atoms. The molecular weight excluding hydrogens is 428 g/mol. The van der Waals surface area contributed by atoms with Crippen LogP contribution in [0.15, 0.2) is 24.3 Å². The lowest BCUT2D eigenvalue weighted by molar-refractivity contribution is -0.317. The van der Waals surface area contributed by atoms with Gasteiger partial charge in [0.05, 0.1) is 25.9 Å². The van der Waals surface area contributed by atoms with Crippen molar-refractivity contribution in [1.29, 1.82) is 0 Å². The number of phenols is 1. The summed E-state index contributed by atoms with van der Waals surface area (Å²) in [6, 6.07) is 6.75. The first-order valence-corrected chi connectivity index (χ1v) is 10.5. The lowest BCUT2D eigenvalue weighted by Gasteiger charge is -2.41. The van der Waals surface area contributed by atoms with Crippen LogP contribution in [0.3, 0.4) is 0 Å². The number of hydrogen-bond acceptors (Lipinski definition) is 11. The first kappa shape index (κ1) is 25.2. The van der Waals surface area contributed by atoms with Gasteiger partial charge in [0, 0.05) is 0 Å². The fourth-order valence-corrected chi connectivity index (χ4v) is 3.62. The Morgan fingerprint density at radius 3 is 2.38 bits per heavy atom. The Morgan fingerprint density at radius 1 is 1.06 bits per heavy atom. The van der Waals surface area contributed by atoms with Gasteiger partial charge in [-0.05, 0) is 37.5 Å². The first-order chi connectivity index (χ1) is 15.1. The molecule has 2 aliphatic heterocycles. The van der Waals surface area contributed by atoms with Crippen LogP contribution in [0.1, 0.15) is 18.9 Å². The van der Waals surface area contributed by atoms with Gasteiger partial charge in [-0.2, -0.15) is 0 Å². The molecule has 32 heavy (non-hydrogen) atoms. The second-order valence-electron chi connectivity index (χ2n) is 8.39. The quantitative estimate of drug-likeness (QED) is 0.217. The van der Waals surface area contributed by atoms with Crippen molar-refractivity contribution in [3.63, 3.8) is 0 Å². The maximum Gasteiger partial charge on any atom is 0.186 e. The Labute approximate surface area is 185 Å².